The highest BCUT2D eigenvalue weighted by atomic mass is 32.1. The van der Waals surface area contributed by atoms with Gasteiger partial charge in [-0.05, 0) is 34.0 Å². The lowest BCUT2D eigenvalue weighted by Crippen LogP contribution is -2.24. The molecule has 3 heteroatoms. The molecule has 0 aliphatic rings. The zero-order valence-corrected chi connectivity index (χ0v) is 11.8. The molecule has 1 amide bonds. The molecule has 3 aromatic rings. The third-order valence-electron chi connectivity index (χ3n) is 3.27. The lowest BCUT2D eigenvalue weighted by molar-refractivity contribution is -0.120. The van der Waals surface area contributed by atoms with Gasteiger partial charge in [-0.1, -0.05) is 42.5 Å². The molecule has 1 N–H and O–H groups in total. The van der Waals surface area contributed by atoms with Gasteiger partial charge in [0.1, 0.15) is 0 Å². The number of thiophene rings is 1. The first kappa shape index (κ1) is 12.9. The van der Waals surface area contributed by atoms with Crippen LogP contribution in [0.25, 0.3) is 10.1 Å². The molecular formula is C17H15NOS. The monoisotopic (exact) mass is 281 g/mol. The highest BCUT2D eigenvalue weighted by Gasteiger charge is 2.07. The number of fused-ring (bicyclic) bond motifs is 1. The van der Waals surface area contributed by atoms with Gasteiger partial charge in [-0.2, -0.15) is 0 Å². The van der Waals surface area contributed by atoms with E-state index in [9.17, 15) is 4.79 Å². The second-order valence-corrected chi connectivity index (χ2v) is 5.64. The van der Waals surface area contributed by atoms with Crippen molar-refractivity contribution in [3.63, 3.8) is 0 Å². The van der Waals surface area contributed by atoms with E-state index in [-0.39, 0.29) is 5.91 Å². The molecule has 100 valence electrons. The normalized spacial score (nSPS) is 10.6. The van der Waals surface area contributed by atoms with Crippen molar-refractivity contribution in [3.8, 4) is 0 Å². The number of hydrogen-bond donors (Lipinski definition) is 1. The van der Waals surface area contributed by atoms with Gasteiger partial charge in [0.2, 0.25) is 5.91 Å². The van der Waals surface area contributed by atoms with E-state index in [1.54, 1.807) is 11.3 Å². The van der Waals surface area contributed by atoms with Crippen molar-refractivity contribution in [2.24, 2.45) is 0 Å². The van der Waals surface area contributed by atoms with Crippen molar-refractivity contribution in [3.05, 3.63) is 71.1 Å². The molecule has 20 heavy (non-hydrogen) atoms. The highest BCUT2D eigenvalue weighted by Crippen LogP contribution is 2.24. The Kier molecular flexibility index (Phi) is 3.79. The van der Waals surface area contributed by atoms with Gasteiger partial charge in [-0.3, -0.25) is 4.79 Å². The summed E-state index contributed by atoms with van der Waals surface area (Å²) in [6.07, 6.45) is 0.431. The molecule has 0 spiro atoms. The average Bonchev–Trinajstić information content (AvgIpc) is 2.96. The maximum Gasteiger partial charge on any atom is 0.224 e. The minimum Gasteiger partial charge on any atom is -0.352 e. The molecule has 0 unspecified atom stereocenters. The lowest BCUT2D eigenvalue weighted by Gasteiger charge is -2.06. The van der Waals surface area contributed by atoms with Crippen molar-refractivity contribution < 1.29 is 4.79 Å². The van der Waals surface area contributed by atoms with Crippen LogP contribution in [0.2, 0.25) is 0 Å². The molecular weight excluding hydrogens is 266 g/mol. The van der Waals surface area contributed by atoms with Crippen LogP contribution in [0.3, 0.4) is 0 Å². The zero-order valence-electron chi connectivity index (χ0n) is 11.0. The maximum absolute atomic E-state index is 12.0. The molecule has 0 bridgehead atoms. The first-order valence-corrected chi connectivity index (χ1v) is 7.46. The second-order valence-electron chi connectivity index (χ2n) is 4.69. The predicted octanol–water partition coefficient (Wildman–Crippen LogP) is 3.76. The molecule has 0 atom stereocenters. The molecule has 1 aromatic heterocycles. The van der Waals surface area contributed by atoms with Gasteiger partial charge in [-0.15, -0.1) is 11.3 Å². The minimum atomic E-state index is 0.0625. The maximum atomic E-state index is 12.0. The largest absolute Gasteiger partial charge is 0.352 e. The summed E-state index contributed by atoms with van der Waals surface area (Å²) in [6.45, 7) is 0.583. The van der Waals surface area contributed by atoms with Crippen LogP contribution >= 0.6 is 11.3 Å². The van der Waals surface area contributed by atoms with Gasteiger partial charge >= 0.3 is 0 Å². The smallest absolute Gasteiger partial charge is 0.224 e. The number of carbonyl (C=O) groups excluding carboxylic acids is 1. The predicted molar refractivity (Wildman–Crippen MR) is 83.8 cm³/mol. The van der Waals surface area contributed by atoms with Crippen LogP contribution in [-0.2, 0) is 17.8 Å². The third-order valence-corrected chi connectivity index (χ3v) is 4.15. The molecule has 0 radical (unpaired) electrons. The first-order chi connectivity index (χ1) is 9.83. The topological polar surface area (TPSA) is 29.1 Å². The van der Waals surface area contributed by atoms with E-state index in [1.807, 2.05) is 42.5 Å². The Hall–Kier alpha value is -2.13. The van der Waals surface area contributed by atoms with E-state index in [4.69, 9.17) is 0 Å². The van der Waals surface area contributed by atoms with E-state index in [2.05, 4.69) is 22.8 Å². The van der Waals surface area contributed by atoms with Crippen molar-refractivity contribution in [2.75, 3.05) is 0 Å². The number of carbonyl (C=O) groups is 1. The van der Waals surface area contributed by atoms with Crippen molar-refractivity contribution in [1.82, 2.24) is 5.32 Å². The molecule has 3 rings (SSSR count). The van der Waals surface area contributed by atoms with Crippen molar-refractivity contribution in [2.45, 2.75) is 13.0 Å². The number of nitrogens with one attached hydrogen (secondary N) is 1. The van der Waals surface area contributed by atoms with Crippen LogP contribution in [0.1, 0.15) is 11.1 Å². The fraction of sp³-hybridized carbons (Fsp3) is 0.118. The Morgan fingerprint density at radius 1 is 1.00 bits per heavy atom. The van der Waals surface area contributed by atoms with Crippen LogP contribution in [0.15, 0.2) is 60.0 Å². The number of hydrogen-bond acceptors (Lipinski definition) is 2. The van der Waals surface area contributed by atoms with E-state index in [0.717, 1.165) is 11.1 Å². The Morgan fingerprint density at radius 3 is 2.70 bits per heavy atom. The summed E-state index contributed by atoms with van der Waals surface area (Å²) >= 11 is 1.71. The van der Waals surface area contributed by atoms with E-state index in [1.165, 1.54) is 10.1 Å². The summed E-state index contributed by atoms with van der Waals surface area (Å²) in [4.78, 5) is 12.0. The SMILES string of the molecule is O=C(Cc1cccc2sccc12)NCc1ccccc1. The van der Waals surface area contributed by atoms with Gasteiger partial charge in [-0.25, -0.2) is 0 Å². The quantitative estimate of drug-likeness (QED) is 0.775. The van der Waals surface area contributed by atoms with Crippen LogP contribution in [0.5, 0.6) is 0 Å². The minimum absolute atomic E-state index is 0.0625. The number of benzene rings is 2. The highest BCUT2D eigenvalue weighted by molar-refractivity contribution is 7.17. The van der Waals surface area contributed by atoms with Crippen molar-refractivity contribution >= 4 is 27.3 Å². The van der Waals surface area contributed by atoms with Crippen LogP contribution in [0.4, 0.5) is 0 Å². The summed E-state index contributed by atoms with van der Waals surface area (Å²) in [5.41, 5.74) is 2.21. The summed E-state index contributed by atoms with van der Waals surface area (Å²) in [5, 5.41) is 6.22. The fourth-order valence-electron chi connectivity index (χ4n) is 2.24. The molecule has 0 aliphatic carbocycles. The Bertz CT molecular complexity index is 718. The Labute approximate surface area is 122 Å². The average molecular weight is 281 g/mol. The van der Waals surface area contributed by atoms with E-state index in [0.29, 0.717) is 13.0 Å². The Morgan fingerprint density at radius 2 is 1.85 bits per heavy atom. The van der Waals surface area contributed by atoms with Gasteiger partial charge in [0.15, 0.2) is 0 Å². The molecule has 0 saturated heterocycles. The molecule has 2 nitrogen and oxygen atoms in total. The molecule has 0 aliphatic heterocycles. The van der Waals surface area contributed by atoms with Gasteiger partial charge in [0.25, 0.3) is 0 Å². The second kappa shape index (κ2) is 5.88. The summed E-state index contributed by atoms with van der Waals surface area (Å²) in [6, 6.07) is 18.2. The Balaban J connectivity index is 1.66. The summed E-state index contributed by atoms with van der Waals surface area (Å²) in [5.74, 6) is 0.0625. The first-order valence-electron chi connectivity index (χ1n) is 6.58. The molecule has 1 heterocycles. The molecule has 2 aromatic carbocycles. The lowest BCUT2D eigenvalue weighted by atomic mass is 10.1. The van der Waals surface area contributed by atoms with Crippen LogP contribution in [0, 0.1) is 0 Å². The molecule has 0 fully saturated rings. The third kappa shape index (κ3) is 2.89. The standard InChI is InChI=1S/C17H15NOS/c19-17(18-12-13-5-2-1-3-6-13)11-14-7-4-8-16-15(14)9-10-20-16/h1-10H,11-12H2,(H,18,19). The van der Waals surface area contributed by atoms with E-state index >= 15 is 0 Å². The number of amides is 1. The fourth-order valence-corrected chi connectivity index (χ4v) is 3.08. The molecule has 0 saturated carbocycles. The number of rotatable bonds is 4. The van der Waals surface area contributed by atoms with Crippen LogP contribution < -0.4 is 5.32 Å². The van der Waals surface area contributed by atoms with E-state index < -0.39 is 0 Å². The van der Waals surface area contributed by atoms with Crippen LogP contribution in [-0.4, -0.2) is 5.91 Å². The summed E-state index contributed by atoms with van der Waals surface area (Å²) in [7, 11) is 0. The zero-order chi connectivity index (χ0) is 13.8. The van der Waals surface area contributed by atoms with Gasteiger partial charge in [0.05, 0.1) is 6.42 Å². The van der Waals surface area contributed by atoms with Gasteiger partial charge < -0.3 is 5.32 Å². The summed E-state index contributed by atoms with van der Waals surface area (Å²) < 4.78 is 1.23. The van der Waals surface area contributed by atoms with Crippen molar-refractivity contribution in [1.29, 1.82) is 0 Å². The van der Waals surface area contributed by atoms with Gasteiger partial charge in [0, 0.05) is 11.2 Å².